The molecule has 3 rings (SSSR count). The maximum absolute atomic E-state index is 12.7. The van der Waals surface area contributed by atoms with E-state index in [1.165, 1.54) is 65.9 Å². The second-order valence-corrected chi connectivity index (χ2v) is 10.2. The fraction of sp³-hybridized carbons (Fsp3) is 0.577. The molecular formula is C26H40F3N5O3S. The Kier molecular flexibility index (Phi) is 14.9. The van der Waals surface area contributed by atoms with Gasteiger partial charge in [0.05, 0.1) is 35.0 Å². The number of hydrogen-bond donors (Lipinski definition) is 3. The topological polar surface area (TPSA) is 105 Å². The number of aryl methyl sites for hydroxylation is 1. The van der Waals surface area contributed by atoms with Gasteiger partial charge in [-0.3, -0.25) is 4.79 Å². The second-order valence-electron chi connectivity index (χ2n) is 8.86. The van der Waals surface area contributed by atoms with Crippen LogP contribution in [0.3, 0.4) is 0 Å². The number of carbonyl (C=O) groups is 1. The summed E-state index contributed by atoms with van der Waals surface area (Å²) in [6.45, 7) is 4.93. The van der Waals surface area contributed by atoms with Gasteiger partial charge in [-0.15, -0.1) is 0 Å². The number of methoxy groups -OCH3 is 1. The highest BCUT2D eigenvalue weighted by Crippen LogP contribution is 2.33. The van der Waals surface area contributed by atoms with Gasteiger partial charge in [0.25, 0.3) is 0 Å². The van der Waals surface area contributed by atoms with Crippen LogP contribution in [0.2, 0.25) is 0 Å². The van der Waals surface area contributed by atoms with Crippen molar-refractivity contribution in [2.45, 2.75) is 71.9 Å². The summed E-state index contributed by atoms with van der Waals surface area (Å²) in [4.78, 5) is 18.6. The summed E-state index contributed by atoms with van der Waals surface area (Å²) in [5.74, 6) is 1.25. The first-order valence-corrected chi connectivity index (χ1v) is 14.1. The van der Waals surface area contributed by atoms with Crippen LogP contribution >= 0.6 is 0 Å². The van der Waals surface area contributed by atoms with Gasteiger partial charge >= 0.3 is 6.18 Å². The molecule has 0 bridgehead atoms. The highest BCUT2D eigenvalue weighted by Gasteiger charge is 2.33. The summed E-state index contributed by atoms with van der Waals surface area (Å²) in [5, 5.41) is 5.40. The van der Waals surface area contributed by atoms with Gasteiger partial charge in [-0.25, -0.2) is 18.9 Å². The van der Waals surface area contributed by atoms with Crippen LogP contribution < -0.4 is 20.1 Å². The van der Waals surface area contributed by atoms with Crippen LogP contribution in [0.4, 0.5) is 30.5 Å². The molecule has 0 spiro atoms. The van der Waals surface area contributed by atoms with E-state index in [9.17, 15) is 22.2 Å². The molecule has 214 valence electrons. The van der Waals surface area contributed by atoms with Gasteiger partial charge in [-0.05, 0) is 32.0 Å². The summed E-state index contributed by atoms with van der Waals surface area (Å²) in [7, 11) is 2.25. The molecule has 1 aliphatic rings. The van der Waals surface area contributed by atoms with Crippen molar-refractivity contribution < 1.29 is 26.9 Å². The Morgan fingerprint density at radius 1 is 1.21 bits per heavy atom. The molecule has 1 heterocycles. The van der Waals surface area contributed by atoms with Crippen LogP contribution in [0.15, 0.2) is 24.4 Å². The first kappa shape index (κ1) is 33.3. The van der Waals surface area contributed by atoms with Gasteiger partial charge in [-0.1, -0.05) is 51.9 Å². The lowest BCUT2D eigenvalue weighted by Gasteiger charge is -2.20. The summed E-state index contributed by atoms with van der Waals surface area (Å²) in [6.07, 6.45) is 8.24. The Hall–Kier alpha value is -2.73. The summed E-state index contributed by atoms with van der Waals surface area (Å²) < 4.78 is 55.7. The number of benzene rings is 1. The fourth-order valence-electron chi connectivity index (χ4n) is 3.89. The van der Waals surface area contributed by atoms with E-state index in [0.717, 1.165) is 12.1 Å². The highest BCUT2D eigenvalue weighted by molar-refractivity contribution is 7.82. The van der Waals surface area contributed by atoms with Crippen molar-refractivity contribution in [3.8, 4) is 5.75 Å². The molecule has 1 saturated carbocycles. The average molecular weight is 560 g/mol. The number of ether oxygens (including phenoxy) is 1. The fourth-order valence-corrected chi connectivity index (χ4v) is 3.89. The Morgan fingerprint density at radius 2 is 1.84 bits per heavy atom. The summed E-state index contributed by atoms with van der Waals surface area (Å²) in [5.41, 5.74) is -0.102. The van der Waals surface area contributed by atoms with Crippen LogP contribution in [-0.2, 0) is 22.0 Å². The third kappa shape index (κ3) is 12.7. The molecule has 1 atom stereocenters. The predicted molar refractivity (Wildman–Crippen MR) is 147 cm³/mol. The van der Waals surface area contributed by atoms with Gasteiger partial charge in [0.2, 0.25) is 11.9 Å². The lowest BCUT2D eigenvalue weighted by atomic mass is 9.86. The molecule has 1 amide bonds. The molecule has 1 unspecified atom stereocenters. The monoisotopic (exact) mass is 559 g/mol. The van der Waals surface area contributed by atoms with Crippen LogP contribution in [0.25, 0.3) is 0 Å². The standard InChI is InChI=1S/C15H15F3N4O2.C9H18.C2H7NOS/c1-8-11(15(16,17)18)7-19-14(20-8)22-12-5-4-10(21-9(2)23)6-13(12)24-3;1-2-6-9-7-4-3-5-8-9;1-3-5(2)4/h4-7H,1-3H3,(H,21,23)(H,19,20,22);9H,2-8H2,1H3;3H,1-2H3. The number of amides is 1. The van der Waals surface area contributed by atoms with Crippen LogP contribution in [0.5, 0.6) is 5.75 Å². The van der Waals surface area contributed by atoms with Crippen molar-refractivity contribution in [1.29, 1.82) is 0 Å². The molecule has 38 heavy (non-hydrogen) atoms. The van der Waals surface area contributed by atoms with Crippen molar-refractivity contribution in [3.05, 3.63) is 35.7 Å². The number of rotatable bonds is 7. The quantitative estimate of drug-likeness (QED) is 0.364. The third-order valence-corrected chi connectivity index (χ3v) is 6.34. The number of hydrogen-bond acceptors (Lipinski definition) is 6. The number of aromatic nitrogens is 2. The SMILES string of the molecule is CCCC1CCCCC1.CNS(C)=O.COc1cc(NC(C)=O)ccc1Nc1ncc(C(F)(F)F)c(C)n1. The normalized spacial score (nSPS) is 14.2. The lowest BCUT2D eigenvalue weighted by molar-refractivity contribution is -0.138. The molecule has 0 saturated heterocycles. The largest absolute Gasteiger partial charge is 0.494 e. The smallest absolute Gasteiger partial charge is 0.419 e. The molecule has 1 aromatic carbocycles. The molecule has 8 nitrogen and oxygen atoms in total. The van der Waals surface area contributed by atoms with Crippen LogP contribution in [-0.4, -0.2) is 40.5 Å². The number of carbonyl (C=O) groups excluding carboxylic acids is 1. The molecule has 1 aliphatic carbocycles. The van der Waals surface area contributed by atoms with E-state index in [0.29, 0.717) is 17.1 Å². The Balaban J connectivity index is 0.000000421. The minimum atomic E-state index is -4.50. The number of nitrogens with one attached hydrogen (secondary N) is 3. The zero-order valence-electron chi connectivity index (χ0n) is 23.0. The average Bonchev–Trinajstić information content (AvgIpc) is 2.85. The minimum absolute atomic E-state index is 0.00563. The van der Waals surface area contributed by atoms with E-state index in [1.807, 2.05) is 0 Å². The first-order chi connectivity index (χ1) is 17.9. The Labute approximate surface area is 226 Å². The van der Waals surface area contributed by atoms with Gasteiger partial charge in [0, 0.05) is 31.1 Å². The minimum Gasteiger partial charge on any atom is -0.494 e. The van der Waals surface area contributed by atoms with E-state index < -0.39 is 22.7 Å². The lowest BCUT2D eigenvalue weighted by Crippen LogP contribution is -2.11. The molecule has 1 fully saturated rings. The zero-order valence-corrected chi connectivity index (χ0v) is 23.8. The third-order valence-electron chi connectivity index (χ3n) is 5.76. The highest BCUT2D eigenvalue weighted by atomic mass is 32.2. The first-order valence-electron chi connectivity index (χ1n) is 12.6. The van der Waals surface area contributed by atoms with Crippen molar-refractivity contribution in [2.75, 3.05) is 31.0 Å². The molecular weight excluding hydrogens is 519 g/mol. The van der Waals surface area contributed by atoms with E-state index in [1.54, 1.807) is 31.5 Å². The molecule has 1 aromatic heterocycles. The number of anilines is 3. The van der Waals surface area contributed by atoms with Crippen molar-refractivity contribution in [2.24, 2.45) is 5.92 Å². The van der Waals surface area contributed by atoms with Gasteiger partial charge in [0.15, 0.2) is 0 Å². The van der Waals surface area contributed by atoms with E-state index in [2.05, 4.69) is 32.2 Å². The van der Waals surface area contributed by atoms with Crippen molar-refractivity contribution in [3.63, 3.8) is 0 Å². The molecule has 2 aromatic rings. The summed E-state index contributed by atoms with van der Waals surface area (Å²) in [6, 6.07) is 4.78. The number of halogens is 3. The van der Waals surface area contributed by atoms with E-state index in [4.69, 9.17) is 4.74 Å². The second kappa shape index (κ2) is 17.0. The van der Waals surface area contributed by atoms with Gasteiger partial charge in [-0.2, -0.15) is 13.2 Å². The summed E-state index contributed by atoms with van der Waals surface area (Å²) >= 11 is 0. The van der Waals surface area contributed by atoms with Crippen molar-refractivity contribution in [1.82, 2.24) is 14.7 Å². The van der Waals surface area contributed by atoms with E-state index >= 15 is 0 Å². The van der Waals surface area contributed by atoms with Crippen LogP contribution in [0.1, 0.15) is 70.1 Å². The van der Waals surface area contributed by atoms with Gasteiger partial charge in [0.1, 0.15) is 5.75 Å². The zero-order chi connectivity index (χ0) is 28.7. The molecule has 12 heteroatoms. The van der Waals surface area contributed by atoms with Crippen LogP contribution in [0, 0.1) is 12.8 Å². The molecule has 0 radical (unpaired) electrons. The van der Waals surface area contributed by atoms with E-state index in [-0.39, 0.29) is 17.5 Å². The maximum Gasteiger partial charge on any atom is 0.419 e. The maximum atomic E-state index is 12.7. The predicted octanol–water partition coefficient (Wildman–Crippen LogP) is 6.38. The molecule has 3 N–H and O–H groups in total. The van der Waals surface area contributed by atoms with Crippen molar-refractivity contribution >= 4 is 34.2 Å². The molecule has 0 aliphatic heterocycles. The number of nitrogens with zero attached hydrogens (tertiary/aromatic N) is 2. The number of alkyl halides is 3. The van der Waals surface area contributed by atoms with Gasteiger partial charge < -0.3 is 15.4 Å². The Bertz CT molecular complexity index is 1030. The Morgan fingerprint density at radius 3 is 2.32 bits per heavy atom.